The van der Waals surface area contributed by atoms with Gasteiger partial charge in [-0.2, -0.15) is 0 Å². The van der Waals surface area contributed by atoms with Crippen LogP contribution in [0.1, 0.15) is 35.1 Å². The standard InChI is InChI=1S/C22H27N3O2S.HI/c1-3-23-22(24-13-18(26)16-10-8-15(2)9-11-16)25-14-19(27)21-12-17-6-4-5-7-20(17)28-21;/h4-12,18-19,26-27H,3,13-14H2,1-2H3,(H2,23,24,25);1H. The van der Waals surface area contributed by atoms with Crippen molar-refractivity contribution in [2.24, 2.45) is 4.99 Å². The predicted molar refractivity (Wildman–Crippen MR) is 132 cm³/mol. The monoisotopic (exact) mass is 525 g/mol. The Morgan fingerprint density at radius 3 is 2.45 bits per heavy atom. The molecule has 5 nitrogen and oxygen atoms in total. The quantitative estimate of drug-likeness (QED) is 0.213. The second-order valence-corrected chi connectivity index (χ2v) is 7.84. The zero-order valence-corrected chi connectivity index (χ0v) is 19.8. The van der Waals surface area contributed by atoms with Crippen molar-refractivity contribution >= 4 is 51.4 Å². The van der Waals surface area contributed by atoms with Gasteiger partial charge in [0.25, 0.3) is 0 Å². The van der Waals surface area contributed by atoms with Gasteiger partial charge in [-0.15, -0.1) is 35.3 Å². The molecule has 156 valence electrons. The van der Waals surface area contributed by atoms with E-state index in [9.17, 15) is 10.2 Å². The van der Waals surface area contributed by atoms with E-state index in [4.69, 9.17) is 0 Å². The Balaban J connectivity index is 0.00000300. The van der Waals surface area contributed by atoms with Crippen LogP contribution in [0.15, 0.2) is 59.6 Å². The van der Waals surface area contributed by atoms with Gasteiger partial charge >= 0.3 is 0 Å². The first kappa shape index (κ1) is 23.6. The van der Waals surface area contributed by atoms with E-state index in [1.54, 1.807) is 11.3 Å². The molecule has 1 heterocycles. The van der Waals surface area contributed by atoms with E-state index in [2.05, 4.69) is 21.7 Å². The third-order valence-electron chi connectivity index (χ3n) is 4.46. The van der Waals surface area contributed by atoms with E-state index in [0.717, 1.165) is 26.1 Å². The number of hydrogen-bond acceptors (Lipinski definition) is 4. The highest BCUT2D eigenvalue weighted by Crippen LogP contribution is 2.29. The van der Waals surface area contributed by atoms with Gasteiger partial charge in [-0.3, -0.25) is 4.99 Å². The van der Waals surface area contributed by atoms with Gasteiger partial charge in [-0.05, 0) is 36.9 Å². The average Bonchev–Trinajstić information content (AvgIpc) is 3.14. The van der Waals surface area contributed by atoms with Crippen molar-refractivity contribution < 1.29 is 10.2 Å². The normalized spacial score (nSPS) is 13.6. The number of fused-ring (bicyclic) bond motifs is 1. The molecule has 0 aliphatic heterocycles. The fraction of sp³-hybridized carbons (Fsp3) is 0.318. The minimum atomic E-state index is -0.658. The third-order valence-corrected chi connectivity index (χ3v) is 5.68. The van der Waals surface area contributed by atoms with Crippen LogP contribution in [0.3, 0.4) is 0 Å². The van der Waals surface area contributed by atoms with E-state index in [0.29, 0.717) is 19.0 Å². The molecular formula is C22H28IN3O2S. The molecule has 0 spiro atoms. The van der Waals surface area contributed by atoms with Gasteiger partial charge in [-0.1, -0.05) is 48.0 Å². The molecule has 1 aromatic heterocycles. The Morgan fingerprint density at radius 1 is 1.03 bits per heavy atom. The van der Waals surface area contributed by atoms with Crippen LogP contribution in [-0.4, -0.2) is 35.8 Å². The SMILES string of the molecule is CCNC(=NCC(O)c1cc2ccccc2s1)NCC(O)c1ccc(C)cc1.I. The van der Waals surface area contributed by atoms with Crippen LogP contribution in [0.5, 0.6) is 0 Å². The molecule has 0 bridgehead atoms. The lowest BCUT2D eigenvalue weighted by atomic mass is 10.1. The van der Waals surface area contributed by atoms with Crippen molar-refractivity contribution in [2.45, 2.75) is 26.1 Å². The van der Waals surface area contributed by atoms with Crippen molar-refractivity contribution in [1.82, 2.24) is 10.6 Å². The molecule has 29 heavy (non-hydrogen) atoms. The first-order valence-corrected chi connectivity index (χ1v) is 10.3. The number of guanidine groups is 1. The summed E-state index contributed by atoms with van der Waals surface area (Å²) in [6, 6.07) is 17.9. The Hall–Kier alpha value is -1.68. The average molecular weight is 525 g/mol. The van der Waals surface area contributed by atoms with E-state index >= 15 is 0 Å². The number of aliphatic hydroxyl groups excluding tert-OH is 2. The summed E-state index contributed by atoms with van der Waals surface area (Å²) >= 11 is 1.59. The first-order chi connectivity index (χ1) is 13.6. The van der Waals surface area contributed by atoms with Gasteiger partial charge in [0.2, 0.25) is 0 Å². The van der Waals surface area contributed by atoms with Gasteiger partial charge in [0.1, 0.15) is 6.10 Å². The molecule has 0 fully saturated rings. The van der Waals surface area contributed by atoms with Crippen molar-refractivity contribution in [3.8, 4) is 0 Å². The number of thiophene rings is 1. The van der Waals surface area contributed by atoms with Crippen LogP contribution in [0.4, 0.5) is 0 Å². The van der Waals surface area contributed by atoms with Crippen LogP contribution >= 0.6 is 35.3 Å². The second kappa shape index (κ2) is 11.5. The summed E-state index contributed by atoms with van der Waals surface area (Å²) in [5, 5.41) is 28.3. The molecule has 4 N–H and O–H groups in total. The molecule has 3 aromatic rings. The summed E-state index contributed by atoms with van der Waals surface area (Å²) in [6.45, 7) is 5.30. The highest BCUT2D eigenvalue weighted by Gasteiger charge is 2.12. The Labute approximate surface area is 192 Å². The van der Waals surface area contributed by atoms with Gasteiger partial charge in [0.15, 0.2) is 5.96 Å². The Kier molecular flexibility index (Phi) is 9.35. The number of aliphatic imine (C=N–C) groups is 1. The Bertz CT molecular complexity index is 894. The molecule has 7 heteroatoms. The lowest BCUT2D eigenvalue weighted by Gasteiger charge is -2.16. The highest BCUT2D eigenvalue weighted by atomic mass is 127. The van der Waals surface area contributed by atoms with Crippen LogP contribution in [0.2, 0.25) is 0 Å². The summed E-state index contributed by atoms with van der Waals surface area (Å²) in [4.78, 5) is 5.38. The molecule has 3 rings (SSSR count). The number of nitrogens with one attached hydrogen (secondary N) is 2. The van der Waals surface area contributed by atoms with Crippen LogP contribution < -0.4 is 10.6 Å². The summed E-state index contributed by atoms with van der Waals surface area (Å²) < 4.78 is 1.16. The van der Waals surface area contributed by atoms with Crippen molar-refractivity contribution in [3.05, 3.63) is 70.6 Å². The van der Waals surface area contributed by atoms with E-state index in [1.165, 1.54) is 0 Å². The number of halogens is 1. The summed E-state index contributed by atoms with van der Waals surface area (Å²) in [5.74, 6) is 0.578. The molecule has 0 saturated heterocycles. The lowest BCUT2D eigenvalue weighted by Crippen LogP contribution is -2.39. The molecule has 2 atom stereocenters. The number of nitrogens with zero attached hydrogens (tertiary/aromatic N) is 1. The molecule has 2 unspecified atom stereocenters. The molecular weight excluding hydrogens is 497 g/mol. The zero-order chi connectivity index (χ0) is 19.9. The third kappa shape index (κ3) is 6.67. The van der Waals surface area contributed by atoms with Gasteiger partial charge in [0, 0.05) is 22.7 Å². The molecule has 0 amide bonds. The molecule has 2 aromatic carbocycles. The van der Waals surface area contributed by atoms with Crippen molar-refractivity contribution in [2.75, 3.05) is 19.6 Å². The Morgan fingerprint density at radius 2 is 1.76 bits per heavy atom. The number of hydrogen-bond donors (Lipinski definition) is 4. The predicted octanol–water partition coefficient (Wildman–Crippen LogP) is 4.15. The highest BCUT2D eigenvalue weighted by molar-refractivity contribution is 14.0. The summed E-state index contributed by atoms with van der Waals surface area (Å²) in [5.41, 5.74) is 2.02. The van der Waals surface area contributed by atoms with Crippen LogP contribution in [0.25, 0.3) is 10.1 Å². The summed E-state index contributed by atoms with van der Waals surface area (Å²) in [7, 11) is 0. The largest absolute Gasteiger partial charge is 0.387 e. The zero-order valence-electron chi connectivity index (χ0n) is 16.6. The fourth-order valence-corrected chi connectivity index (χ4v) is 3.92. The summed E-state index contributed by atoms with van der Waals surface area (Å²) in [6.07, 6.45) is -1.29. The number of aryl methyl sites for hydroxylation is 1. The second-order valence-electron chi connectivity index (χ2n) is 6.73. The maximum absolute atomic E-state index is 10.5. The first-order valence-electron chi connectivity index (χ1n) is 9.50. The number of benzene rings is 2. The smallest absolute Gasteiger partial charge is 0.191 e. The topological polar surface area (TPSA) is 76.9 Å². The molecule has 0 saturated carbocycles. The minimum absolute atomic E-state index is 0. The maximum atomic E-state index is 10.5. The number of rotatable bonds is 7. The molecule has 0 aliphatic carbocycles. The minimum Gasteiger partial charge on any atom is -0.387 e. The van der Waals surface area contributed by atoms with Crippen molar-refractivity contribution in [3.63, 3.8) is 0 Å². The lowest BCUT2D eigenvalue weighted by molar-refractivity contribution is 0.180. The fourth-order valence-electron chi connectivity index (χ4n) is 2.88. The van der Waals surface area contributed by atoms with E-state index in [-0.39, 0.29) is 30.5 Å². The van der Waals surface area contributed by atoms with Crippen LogP contribution in [-0.2, 0) is 0 Å². The maximum Gasteiger partial charge on any atom is 0.191 e. The van der Waals surface area contributed by atoms with Gasteiger partial charge in [0.05, 0.1) is 12.6 Å². The van der Waals surface area contributed by atoms with Crippen molar-refractivity contribution in [1.29, 1.82) is 0 Å². The molecule has 0 aliphatic rings. The van der Waals surface area contributed by atoms with Crippen LogP contribution in [0, 0.1) is 6.92 Å². The molecule has 0 radical (unpaired) electrons. The van der Waals surface area contributed by atoms with E-state index in [1.807, 2.05) is 62.4 Å². The number of aliphatic hydroxyl groups is 2. The van der Waals surface area contributed by atoms with Gasteiger partial charge in [-0.25, -0.2) is 0 Å². The van der Waals surface area contributed by atoms with Gasteiger partial charge < -0.3 is 20.8 Å². The van der Waals surface area contributed by atoms with E-state index < -0.39 is 12.2 Å².